The molecule has 3 rings (SSSR count). The summed E-state index contributed by atoms with van der Waals surface area (Å²) in [5, 5.41) is 23.8. The Hall–Kier alpha value is -2.91. The van der Waals surface area contributed by atoms with Gasteiger partial charge in [-0.1, -0.05) is 6.07 Å². The number of phenolic OH excluding ortho intramolecular Hbond substituents is 1. The maximum Gasteiger partial charge on any atom is 0.321 e. The molecule has 1 aliphatic rings. The number of carbonyl (C=O) groups is 1. The fraction of sp³-hybridized carbons (Fsp3) is 0.480. The van der Waals surface area contributed by atoms with E-state index in [0.717, 1.165) is 42.2 Å². The van der Waals surface area contributed by atoms with Crippen LogP contribution in [0.2, 0.25) is 0 Å². The third-order valence-corrected chi connectivity index (χ3v) is 8.77. The van der Waals surface area contributed by atoms with Crippen molar-refractivity contribution >= 4 is 37.4 Å². The van der Waals surface area contributed by atoms with E-state index in [-0.39, 0.29) is 42.1 Å². The maximum atomic E-state index is 12.8. The number of nitrogens with zero attached hydrogens (tertiary/aromatic N) is 2. The van der Waals surface area contributed by atoms with E-state index in [4.69, 9.17) is 4.74 Å². The highest BCUT2D eigenvalue weighted by molar-refractivity contribution is 7.92. The average Bonchev–Trinajstić information content (AvgIpc) is 2.88. The lowest BCUT2D eigenvalue weighted by atomic mass is 10.0. The predicted octanol–water partition coefficient (Wildman–Crippen LogP) is 1.24. The molecule has 1 atom stereocenters. The van der Waals surface area contributed by atoms with Crippen LogP contribution < -0.4 is 14.9 Å². The Morgan fingerprint density at radius 2 is 1.77 bits per heavy atom. The van der Waals surface area contributed by atoms with Crippen molar-refractivity contribution in [2.45, 2.75) is 36.8 Å². The van der Waals surface area contributed by atoms with E-state index in [0.29, 0.717) is 5.56 Å². The van der Waals surface area contributed by atoms with E-state index < -0.39 is 32.1 Å². The number of anilines is 2. The van der Waals surface area contributed by atoms with Crippen LogP contribution in [0.3, 0.4) is 0 Å². The van der Waals surface area contributed by atoms with Gasteiger partial charge in [0, 0.05) is 38.4 Å². The Morgan fingerprint density at radius 3 is 2.36 bits per heavy atom. The summed E-state index contributed by atoms with van der Waals surface area (Å²) in [5.74, 6) is -0.841. The zero-order chi connectivity index (χ0) is 28.8. The first-order valence-electron chi connectivity index (χ1n) is 12.5. The highest BCUT2D eigenvalue weighted by atomic mass is 32.2. The molecule has 0 aliphatic carbocycles. The quantitative estimate of drug-likeness (QED) is 0.211. The fourth-order valence-electron chi connectivity index (χ4n) is 4.26. The van der Waals surface area contributed by atoms with Crippen LogP contribution in [-0.4, -0.2) is 89.5 Å². The summed E-state index contributed by atoms with van der Waals surface area (Å²) in [6.45, 7) is 3.18. The SMILES string of the molecule is CCOC(=O)CN(C)S(=O)(=O)c1ccc(N2CCC(NC[C@H](O)c3ccc(O)c(NS(C)(=O)=O)c3)CC2)cc1. The van der Waals surface area contributed by atoms with Gasteiger partial charge < -0.3 is 25.2 Å². The lowest BCUT2D eigenvalue weighted by molar-refractivity contribution is -0.143. The number of esters is 1. The molecule has 4 N–H and O–H groups in total. The second kappa shape index (κ2) is 13.0. The number of likely N-dealkylation sites (N-methyl/N-ethyl adjacent to an activating group) is 1. The third-order valence-electron chi connectivity index (χ3n) is 6.36. The van der Waals surface area contributed by atoms with Crippen molar-refractivity contribution in [3.63, 3.8) is 0 Å². The van der Waals surface area contributed by atoms with Gasteiger partial charge >= 0.3 is 5.97 Å². The molecule has 1 aliphatic heterocycles. The van der Waals surface area contributed by atoms with Crippen molar-refractivity contribution in [2.75, 3.05) is 55.7 Å². The van der Waals surface area contributed by atoms with Crippen molar-refractivity contribution in [1.82, 2.24) is 9.62 Å². The van der Waals surface area contributed by atoms with Gasteiger partial charge in [0.15, 0.2) is 0 Å². The number of nitrogens with one attached hydrogen (secondary N) is 2. The molecular formula is C25H36N4O8S2. The van der Waals surface area contributed by atoms with E-state index in [1.807, 2.05) is 0 Å². The number of sulfonamides is 2. The average molecular weight is 585 g/mol. The topological polar surface area (TPSA) is 166 Å². The number of benzene rings is 2. The first-order valence-corrected chi connectivity index (χ1v) is 15.8. The molecule has 0 aromatic heterocycles. The van der Waals surface area contributed by atoms with Gasteiger partial charge in [0.2, 0.25) is 20.0 Å². The van der Waals surface area contributed by atoms with Crippen molar-refractivity contribution in [3.8, 4) is 5.75 Å². The summed E-state index contributed by atoms with van der Waals surface area (Å²) in [4.78, 5) is 13.9. The van der Waals surface area contributed by atoms with Crippen LogP contribution in [0.25, 0.3) is 0 Å². The van der Waals surface area contributed by atoms with E-state index in [2.05, 4.69) is 14.9 Å². The molecule has 2 aromatic rings. The van der Waals surface area contributed by atoms with Crippen LogP contribution in [0, 0.1) is 0 Å². The molecule has 39 heavy (non-hydrogen) atoms. The summed E-state index contributed by atoms with van der Waals surface area (Å²) >= 11 is 0. The molecule has 0 unspecified atom stereocenters. The fourth-order valence-corrected chi connectivity index (χ4v) is 5.94. The maximum absolute atomic E-state index is 12.8. The number of carbonyl (C=O) groups excluding carboxylic acids is 1. The van der Waals surface area contributed by atoms with Crippen LogP contribution in [0.5, 0.6) is 5.75 Å². The van der Waals surface area contributed by atoms with E-state index in [1.165, 1.54) is 37.4 Å². The lowest BCUT2D eigenvalue weighted by Crippen LogP contribution is -2.43. The molecule has 12 nitrogen and oxygen atoms in total. The molecule has 2 aromatic carbocycles. The van der Waals surface area contributed by atoms with Crippen LogP contribution in [0.15, 0.2) is 47.4 Å². The van der Waals surface area contributed by atoms with E-state index in [1.54, 1.807) is 19.1 Å². The molecule has 1 heterocycles. The highest BCUT2D eigenvalue weighted by Gasteiger charge is 2.25. The standard InChI is InChI=1S/C25H36N4O8S2/c1-4-37-25(32)17-28(2)39(35,36)21-8-6-20(7-9-21)29-13-11-19(12-14-29)26-16-24(31)18-5-10-23(30)22(15-18)27-38(3,33)34/h5-10,15,19,24,26-27,30-31H,4,11-14,16-17H2,1-3H3/t24-/m0/s1. The summed E-state index contributed by atoms with van der Waals surface area (Å²) < 4.78 is 56.5. The molecule has 0 amide bonds. The Morgan fingerprint density at radius 1 is 1.13 bits per heavy atom. The zero-order valence-electron chi connectivity index (χ0n) is 22.2. The number of aliphatic hydroxyl groups is 1. The second-order valence-electron chi connectivity index (χ2n) is 9.40. The van der Waals surface area contributed by atoms with Gasteiger partial charge in [-0.25, -0.2) is 16.8 Å². The Bertz CT molecular complexity index is 1340. The zero-order valence-corrected chi connectivity index (χ0v) is 23.8. The number of rotatable bonds is 12. The van der Waals surface area contributed by atoms with Crippen molar-refractivity contribution in [1.29, 1.82) is 0 Å². The highest BCUT2D eigenvalue weighted by Crippen LogP contribution is 2.28. The number of phenols is 1. The molecular weight excluding hydrogens is 548 g/mol. The Kier molecular flexibility index (Phi) is 10.2. The minimum absolute atomic E-state index is 0.00631. The molecule has 1 saturated heterocycles. The Balaban J connectivity index is 1.51. The van der Waals surface area contributed by atoms with Gasteiger partial charge in [0.25, 0.3) is 0 Å². The molecule has 14 heteroatoms. The molecule has 216 valence electrons. The van der Waals surface area contributed by atoms with Gasteiger partial charge in [-0.2, -0.15) is 4.31 Å². The van der Waals surface area contributed by atoms with Gasteiger partial charge in [-0.3, -0.25) is 9.52 Å². The van der Waals surface area contributed by atoms with Gasteiger partial charge in [-0.15, -0.1) is 0 Å². The number of piperidine rings is 1. The van der Waals surface area contributed by atoms with Crippen molar-refractivity contribution in [2.24, 2.45) is 0 Å². The van der Waals surface area contributed by atoms with Crippen molar-refractivity contribution < 1.29 is 36.6 Å². The first kappa shape index (κ1) is 30.6. The second-order valence-corrected chi connectivity index (χ2v) is 13.2. The molecule has 0 bridgehead atoms. The first-order chi connectivity index (χ1) is 18.3. The monoisotopic (exact) mass is 584 g/mol. The third kappa shape index (κ3) is 8.54. The van der Waals surface area contributed by atoms with Crippen LogP contribution >= 0.6 is 0 Å². The number of aliphatic hydroxyl groups excluding tert-OH is 1. The van der Waals surface area contributed by atoms with E-state index >= 15 is 0 Å². The van der Waals surface area contributed by atoms with Gasteiger partial charge in [0.1, 0.15) is 12.3 Å². The lowest BCUT2D eigenvalue weighted by Gasteiger charge is -2.34. The van der Waals surface area contributed by atoms with Gasteiger partial charge in [0.05, 0.1) is 29.5 Å². The van der Waals surface area contributed by atoms with Crippen LogP contribution in [0.4, 0.5) is 11.4 Å². The largest absolute Gasteiger partial charge is 0.506 e. The number of hydrogen-bond donors (Lipinski definition) is 4. The minimum Gasteiger partial charge on any atom is -0.506 e. The van der Waals surface area contributed by atoms with Crippen LogP contribution in [-0.2, 0) is 29.6 Å². The summed E-state index contributed by atoms with van der Waals surface area (Å²) in [7, 11) is -6.07. The number of hydrogen-bond acceptors (Lipinski definition) is 10. The molecule has 0 radical (unpaired) electrons. The summed E-state index contributed by atoms with van der Waals surface area (Å²) in [6, 6.07) is 11.0. The van der Waals surface area contributed by atoms with E-state index in [9.17, 15) is 31.8 Å². The van der Waals surface area contributed by atoms with Crippen molar-refractivity contribution in [3.05, 3.63) is 48.0 Å². The smallest absolute Gasteiger partial charge is 0.321 e. The number of ether oxygens (including phenoxy) is 1. The summed E-state index contributed by atoms with van der Waals surface area (Å²) in [5.41, 5.74) is 1.36. The number of aromatic hydroxyl groups is 1. The molecule has 0 saturated carbocycles. The van der Waals surface area contributed by atoms with Gasteiger partial charge in [-0.05, 0) is 61.7 Å². The normalized spacial score (nSPS) is 15.8. The summed E-state index contributed by atoms with van der Waals surface area (Å²) in [6.07, 6.45) is 1.67. The molecule has 1 fully saturated rings. The predicted molar refractivity (Wildman–Crippen MR) is 148 cm³/mol. The minimum atomic E-state index is -3.83. The Labute approximate surface area is 229 Å². The molecule has 0 spiro atoms. The van der Waals surface area contributed by atoms with Crippen LogP contribution in [0.1, 0.15) is 31.4 Å².